The van der Waals surface area contributed by atoms with Gasteiger partial charge in [-0.3, -0.25) is 4.79 Å². The molecule has 7 nitrogen and oxygen atoms in total. The zero-order valence-electron chi connectivity index (χ0n) is 21.3. The summed E-state index contributed by atoms with van der Waals surface area (Å²) in [5.41, 5.74) is 1.33. The summed E-state index contributed by atoms with van der Waals surface area (Å²) in [6, 6.07) is 5.03. The Morgan fingerprint density at radius 1 is 1.23 bits per heavy atom. The van der Waals surface area contributed by atoms with Crippen LogP contribution in [0.3, 0.4) is 0 Å². The third kappa shape index (κ3) is 8.23. The normalized spacial score (nSPS) is 20.1. The van der Waals surface area contributed by atoms with Crippen molar-refractivity contribution in [2.45, 2.75) is 71.5 Å². The van der Waals surface area contributed by atoms with Crippen molar-refractivity contribution in [3.05, 3.63) is 35.7 Å². The van der Waals surface area contributed by atoms with Crippen molar-refractivity contribution in [2.75, 3.05) is 26.2 Å². The monoisotopic (exact) mass is 490 g/mol. The molecule has 1 saturated heterocycles. The van der Waals surface area contributed by atoms with E-state index in [0.717, 1.165) is 24.0 Å². The van der Waals surface area contributed by atoms with Crippen molar-refractivity contribution in [3.63, 3.8) is 0 Å². The van der Waals surface area contributed by atoms with Crippen LogP contribution in [0.2, 0.25) is 0 Å². The van der Waals surface area contributed by atoms with Crippen LogP contribution in [-0.4, -0.2) is 60.0 Å². The number of benzene rings is 1. The second kappa shape index (κ2) is 11.9. The Hall–Kier alpha value is -2.61. The summed E-state index contributed by atoms with van der Waals surface area (Å²) in [6.45, 7) is 9.07. The van der Waals surface area contributed by atoms with Crippen LogP contribution < -0.4 is 10.1 Å². The topological polar surface area (TPSA) is 88.1 Å². The van der Waals surface area contributed by atoms with E-state index in [0.29, 0.717) is 39.0 Å². The molecule has 1 fully saturated rings. The smallest absolute Gasteiger partial charge is 0.410 e. The highest BCUT2D eigenvalue weighted by Gasteiger charge is 2.27. The fraction of sp³-hybridized carbons (Fsp3) is 0.630. The van der Waals surface area contributed by atoms with Gasteiger partial charge in [0.25, 0.3) is 0 Å². The Balaban J connectivity index is 1.46. The van der Waals surface area contributed by atoms with Crippen LogP contribution in [0, 0.1) is 17.7 Å². The molecule has 2 aliphatic rings. The van der Waals surface area contributed by atoms with Crippen molar-refractivity contribution in [2.24, 2.45) is 11.8 Å². The molecule has 1 unspecified atom stereocenters. The fourth-order valence-corrected chi connectivity index (χ4v) is 4.36. The summed E-state index contributed by atoms with van der Waals surface area (Å²) >= 11 is 0. The van der Waals surface area contributed by atoms with Crippen LogP contribution >= 0.6 is 0 Å². The molecule has 0 bridgehead atoms. The molecule has 0 aromatic heterocycles. The van der Waals surface area contributed by atoms with Gasteiger partial charge in [-0.05, 0) is 89.0 Å². The first kappa shape index (κ1) is 27.0. The number of allylic oxidation sites excluding steroid dienone is 2. The largest absolute Gasteiger partial charge is 0.490 e. The molecule has 194 valence electrons. The molecule has 0 radical (unpaired) electrons. The molecule has 1 aliphatic carbocycles. The summed E-state index contributed by atoms with van der Waals surface area (Å²) in [5.74, 6) is -0.0769. The lowest BCUT2D eigenvalue weighted by atomic mass is 9.86. The average Bonchev–Trinajstić information content (AvgIpc) is 2.81. The number of carbonyl (C=O) groups is 2. The molecule has 1 heterocycles. The molecular formula is C27H39FN2O5. The number of aliphatic hydroxyl groups excluding tert-OH is 1. The second-order valence-electron chi connectivity index (χ2n) is 10.7. The number of piperidine rings is 1. The summed E-state index contributed by atoms with van der Waals surface area (Å²) < 4.78 is 26.0. The lowest BCUT2D eigenvalue weighted by Crippen LogP contribution is -2.42. The number of aliphatic hydroxyl groups is 1. The standard InChI is InChI=1S/C27H39FN2O5/c1-18(31)16-29-25(32)21-7-5-20(6-8-21)22-9-10-24(23(28)15-22)34-17-19-11-13-30(14-12-19)26(33)35-27(2,3)4/h5,9-10,15,18-19,21,31H,6-8,11-14,16-17H2,1-4H3,(H,29,32)/t18-,21?/m0/s1. The highest BCUT2D eigenvalue weighted by Crippen LogP contribution is 2.32. The van der Waals surface area contributed by atoms with E-state index in [9.17, 15) is 19.1 Å². The van der Waals surface area contributed by atoms with Gasteiger partial charge in [0.1, 0.15) is 5.60 Å². The number of nitrogens with one attached hydrogen (secondary N) is 1. The van der Waals surface area contributed by atoms with Gasteiger partial charge in [0.2, 0.25) is 5.91 Å². The van der Waals surface area contributed by atoms with Gasteiger partial charge in [0.05, 0.1) is 12.7 Å². The highest BCUT2D eigenvalue weighted by molar-refractivity contribution is 5.80. The minimum absolute atomic E-state index is 0.0481. The third-order valence-electron chi connectivity index (χ3n) is 6.40. The molecular weight excluding hydrogens is 451 g/mol. The lowest BCUT2D eigenvalue weighted by Gasteiger charge is -2.33. The molecule has 2 N–H and O–H groups in total. The summed E-state index contributed by atoms with van der Waals surface area (Å²) in [4.78, 5) is 26.1. The molecule has 1 aliphatic heterocycles. The fourth-order valence-electron chi connectivity index (χ4n) is 4.36. The molecule has 8 heteroatoms. The minimum atomic E-state index is -0.567. The van der Waals surface area contributed by atoms with E-state index in [1.54, 1.807) is 17.9 Å². The number of carbonyl (C=O) groups excluding carboxylic acids is 2. The third-order valence-corrected chi connectivity index (χ3v) is 6.40. The van der Waals surface area contributed by atoms with Crippen molar-refractivity contribution in [1.82, 2.24) is 10.2 Å². The predicted octanol–water partition coefficient (Wildman–Crippen LogP) is 4.53. The Kier molecular flexibility index (Phi) is 9.16. The average molecular weight is 491 g/mol. The molecule has 2 atom stereocenters. The van der Waals surface area contributed by atoms with Crippen LogP contribution in [0.4, 0.5) is 9.18 Å². The Bertz CT molecular complexity index is 917. The zero-order chi connectivity index (χ0) is 25.6. The van der Waals surface area contributed by atoms with Crippen LogP contribution in [0.1, 0.15) is 65.4 Å². The second-order valence-corrected chi connectivity index (χ2v) is 10.7. The maximum Gasteiger partial charge on any atom is 0.410 e. The van der Waals surface area contributed by atoms with E-state index in [1.165, 1.54) is 6.07 Å². The maximum absolute atomic E-state index is 14.8. The van der Waals surface area contributed by atoms with E-state index < -0.39 is 17.5 Å². The van der Waals surface area contributed by atoms with Gasteiger partial charge in [-0.2, -0.15) is 0 Å². The molecule has 1 aromatic carbocycles. The number of hydrogen-bond acceptors (Lipinski definition) is 5. The van der Waals surface area contributed by atoms with Crippen LogP contribution in [0.25, 0.3) is 5.57 Å². The number of likely N-dealkylation sites (tertiary alicyclic amines) is 1. The SMILES string of the molecule is C[C@H](O)CNC(=O)C1CC=C(c2ccc(OCC3CCN(C(=O)OC(C)(C)C)CC3)c(F)c2)CC1. The number of nitrogens with zero attached hydrogens (tertiary/aromatic N) is 1. The van der Waals surface area contributed by atoms with Crippen molar-refractivity contribution in [3.8, 4) is 5.75 Å². The van der Waals surface area contributed by atoms with Crippen molar-refractivity contribution in [1.29, 1.82) is 0 Å². The number of halogens is 1. The molecule has 2 amide bonds. The lowest BCUT2D eigenvalue weighted by molar-refractivity contribution is -0.125. The van der Waals surface area contributed by atoms with E-state index in [4.69, 9.17) is 9.47 Å². The first-order valence-corrected chi connectivity index (χ1v) is 12.6. The number of rotatable bonds is 7. The molecule has 3 rings (SSSR count). The number of hydrogen-bond donors (Lipinski definition) is 2. The van der Waals surface area contributed by atoms with Gasteiger partial charge in [-0.15, -0.1) is 0 Å². The van der Waals surface area contributed by atoms with Crippen molar-refractivity contribution < 1.29 is 28.6 Å². The first-order valence-electron chi connectivity index (χ1n) is 12.6. The van der Waals surface area contributed by atoms with Gasteiger partial charge in [0, 0.05) is 25.6 Å². The Morgan fingerprint density at radius 2 is 1.94 bits per heavy atom. The van der Waals surface area contributed by atoms with Gasteiger partial charge in [-0.25, -0.2) is 9.18 Å². The molecule has 1 aromatic rings. The first-order chi connectivity index (χ1) is 16.5. The zero-order valence-corrected chi connectivity index (χ0v) is 21.3. The summed E-state index contributed by atoms with van der Waals surface area (Å²) in [7, 11) is 0. The molecule has 0 saturated carbocycles. The number of amides is 2. The van der Waals surface area contributed by atoms with Crippen LogP contribution in [-0.2, 0) is 9.53 Å². The van der Waals surface area contributed by atoms with Crippen LogP contribution in [0.15, 0.2) is 24.3 Å². The van der Waals surface area contributed by atoms with E-state index in [2.05, 4.69) is 5.32 Å². The molecule has 35 heavy (non-hydrogen) atoms. The Morgan fingerprint density at radius 3 is 2.51 bits per heavy atom. The molecule has 0 spiro atoms. The van der Waals surface area contributed by atoms with Gasteiger partial charge >= 0.3 is 6.09 Å². The highest BCUT2D eigenvalue weighted by atomic mass is 19.1. The van der Waals surface area contributed by atoms with E-state index in [1.807, 2.05) is 32.9 Å². The van der Waals surface area contributed by atoms with Crippen LogP contribution in [0.5, 0.6) is 5.75 Å². The van der Waals surface area contributed by atoms with Gasteiger partial charge in [-0.1, -0.05) is 12.1 Å². The Labute approximate surface area is 207 Å². The van der Waals surface area contributed by atoms with E-state index >= 15 is 0 Å². The van der Waals surface area contributed by atoms with Crippen molar-refractivity contribution >= 4 is 17.6 Å². The number of ether oxygens (including phenoxy) is 2. The summed E-state index contributed by atoms with van der Waals surface area (Å²) in [5, 5.41) is 12.1. The van der Waals surface area contributed by atoms with Gasteiger partial charge < -0.3 is 24.8 Å². The van der Waals surface area contributed by atoms with Gasteiger partial charge in [0.15, 0.2) is 11.6 Å². The predicted molar refractivity (Wildman–Crippen MR) is 132 cm³/mol. The van der Waals surface area contributed by atoms with E-state index in [-0.39, 0.29) is 36.1 Å². The minimum Gasteiger partial charge on any atom is -0.490 e. The maximum atomic E-state index is 14.8. The quantitative estimate of drug-likeness (QED) is 0.586. The summed E-state index contributed by atoms with van der Waals surface area (Å²) in [6.07, 6.45) is 4.72.